The summed E-state index contributed by atoms with van der Waals surface area (Å²) >= 11 is 3.30. The van der Waals surface area contributed by atoms with Gasteiger partial charge in [0.25, 0.3) is 5.91 Å². The monoisotopic (exact) mass is 310 g/mol. The first kappa shape index (κ1) is 12.5. The van der Waals surface area contributed by atoms with E-state index in [-0.39, 0.29) is 11.9 Å². The van der Waals surface area contributed by atoms with Crippen LogP contribution in [0.4, 0.5) is 5.69 Å². The molecule has 1 aromatic carbocycles. The number of anilines is 1. The van der Waals surface area contributed by atoms with Crippen LogP contribution in [0.15, 0.2) is 22.7 Å². The van der Waals surface area contributed by atoms with Crippen LogP contribution in [0.25, 0.3) is 0 Å². The van der Waals surface area contributed by atoms with E-state index >= 15 is 0 Å². The molecule has 0 saturated heterocycles. The van der Waals surface area contributed by atoms with Gasteiger partial charge in [0.05, 0.1) is 11.6 Å². The first-order chi connectivity index (χ1) is 8.58. The number of hydrogen-bond acceptors (Lipinski definition) is 5. The summed E-state index contributed by atoms with van der Waals surface area (Å²) in [6, 6.07) is 4.69. The van der Waals surface area contributed by atoms with E-state index in [0.717, 1.165) is 0 Å². The first-order valence-corrected chi connectivity index (χ1v) is 5.96. The lowest BCUT2D eigenvalue weighted by Crippen LogP contribution is -2.27. The van der Waals surface area contributed by atoms with Gasteiger partial charge in [-0.1, -0.05) is 5.21 Å². The molecule has 18 heavy (non-hydrogen) atoms. The highest BCUT2D eigenvalue weighted by atomic mass is 79.9. The zero-order chi connectivity index (χ0) is 13.1. The summed E-state index contributed by atoms with van der Waals surface area (Å²) in [6.45, 7) is 1.77. The van der Waals surface area contributed by atoms with Gasteiger partial charge in [-0.05, 0) is 41.1 Å². The van der Waals surface area contributed by atoms with Crippen LogP contribution in [0.1, 0.15) is 29.1 Å². The predicted octanol–water partition coefficient (Wildman–Crippen LogP) is 1.04. The van der Waals surface area contributed by atoms with Crippen LogP contribution in [-0.2, 0) is 0 Å². The van der Waals surface area contributed by atoms with E-state index in [9.17, 15) is 4.79 Å². The minimum absolute atomic E-state index is 0.258. The van der Waals surface area contributed by atoms with Crippen molar-refractivity contribution >= 4 is 27.5 Å². The summed E-state index contributed by atoms with van der Waals surface area (Å²) in [4.78, 5) is 12.0. The molecular weight excluding hydrogens is 300 g/mol. The minimum Gasteiger partial charge on any atom is -0.399 e. The lowest BCUT2D eigenvalue weighted by atomic mass is 10.2. The maximum atomic E-state index is 12.0. The van der Waals surface area contributed by atoms with Crippen molar-refractivity contribution in [1.29, 1.82) is 0 Å². The van der Waals surface area contributed by atoms with Crippen molar-refractivity contribution in [2.45, 2.75) is 13.0 Å². The lowest BCUT2D eigenvalue weighted by Gasteiger charge is -2.11. The Morgan fingerprint density at radius 2 is 2.33 bits per heavy atom. The molecule has 8 heteroatoms. The molecule has 0 aliphatic rings. The highest BCUT2D eigenvalue weighted by Crippen LogP contribution is 2.20. The smallest absolute Gasteiger partial charge is 0.253 e. The molecule has 0 saturated carbocycles. The number of hydrogen-bond donors (Lipinski definition) is 3. The Morgan fingerprint density at radius 3 is 3.00 bits per heavy atom. The van der Waals surface area contributed by atoms with Crippen LogP contribution >= 0.6 is 15.9 Å². The summed E-state index contributed by atoms with van der Waals surface area (Å²) in [5, 5.41) is 16.1. The van der Waals surface area contributed by atoms with E-state index < -0.39 is 0 Å². The van der Waals surface area contributed by atoms with E-state index in [1.54, 1.807) is 25.1 Å². The van der Waals surface area contributed by atoms with Gasteiger partial charge in [-0.3, -0.25) is 4.79 Å². The molecule has 94 valence electrons. The van der Waals surface area contributed by atoms with Crippen LogP contribution in [-0.4, -0.2) is 26.5 Å². The van der Waals surface area contributed by atoms with E-state index in [0.29, 0.717) is 21.5 Å². The average molecular weight is 311 g/mol. The number of tetrazole rings is 1. The second-order valence-corrected chi connectivity index (χ2v) is 4.56. The quantitative estimate of drug-likeness (QED) is 0.734. The molecule has 0 bridgehead atoms. The second kappa shape index (κ2) is 5.13. The van der Waals surface area contributed by atoms with Crippen LogP contribution < -0.4 is 11.1 Å². The van der Waals surface area contributed by atoms with Crippen molar-refractivity contribution in [3.63, 3.8) is 0 Å². The molecule has 0 radical (unpaired) electrons. The Balaban J connectivity index is 2.15. The molecule has 2 aromatic rings. The SMILES string of the molecule is CC(NC(=O)c1cc(N)ccc1Br)c1nn[nH]n1. The second-order valence-electron chi connectivity index (χ2n) is 3.70. The van der Waals surface area contributed by atoms with Gasteiger partial charge in [-0.25, -0.2) is 0 Å². The predicted molar refractivity (Wildman–Crippen MR) is 68.6 cm³/mol. The normalized spacial score (nSPS) is 12.1. The number of amides is 1. The van der Waals surface area contributed by atoms with Crippen LogP contribution in [0.3, 0.4) is 0 Å². The van der Waals surface area contributed by atoms with E-state index in [1.807, 2.05) is 0 Å². The molecule has 7 nitrogen and oxygen atoms in total. The van der Waals surface area contributed by atoms with Crippen LogP contribution in [0, 0.1) is 0 Å². The molecule has 1 heterocycles. The van der Waals surface area contributed by atoms with E-state index in [2.05, 4.69) is 41.9 Å². The summed E-state index contributed by atoms with van der Waals surface area (Å²) in [5.74, 6) is 0.162. The Labute approximate surface area is 111 Å². The van der Waals surface area contributed by atoms with Gasteiger partial charge >= 0.3 is 0 Å². The number of rotatable bonds is 3. The number of nitrogens with one attached hydrogen (secondary N) is 2. The lowest BCUT2D eigenvalue weighted by molar-refractivity contribution is 0.0937. The zero-order valence-electron chi connectivity index (χ0n) is 9.51. The molecule has 1 atom stereocenters. The number of carbonyl (C=O) groups is 1. The first-order valence-electron chi connectivity index (χ1n) is 5.17. The molecule has 0 spiro atoms. The maximum absolute atomic E-state index is 12.0. The van der Waals surface area contributed by atoms with Crippen molar-refractivity contribution in [2.24, 2.45) is 0 Å². The summed E-state index contributed by atoms with van der Waals surface area (Å²) in [6.07, 6.45) is 0. The Bertz CT molecular complexity index is 556. The topological polar surface area (TPSA) is 110 Å². The van der Waals surface area contributed by atoms with Gasteiger partial charge < -0.3 is 11.1 Å². The van der Waals surface area contributed by atoms with Crippen molar-refractivity contribution < 1.29 is 4.79 Å². The molecular formula is C10H11BrN6O. The Kier molecular flexibility index (Phi) is 3.56. The molecule has 1 unspecified atom stereocenters. The zero-order valence-corrected chi connectivity index (χ0v) is 11.1. The fourth-order valence-electron chi connectivity index (χ4n) is 1.41. The number of benzene rings is 1. The third-order valence-corrected chi connectivity index (χ3v) is 3.02. The molecule has 0 aliphatic carbocycles. The van der Waals surface area contributed by atoms with Crippen molar-refractivity contribution in [2.75, 3.05) is 5.73 Å². The minimum atomic E-state index is -0.343. The average Bonchev–Trinajstić information content (AvgIpc) is 2.85. The number of halogens is 1. The summed E-state index contributed by atoms with van der Waals surface area (Å²) in [7, 11) is 0. The van der Waals surface area contributed by atoms with Gasteiger partial charge in [0.1, 0.15) is 0 Å². The highest BCUT2D eigenvalue weighted by molar-refractivity contribution is 9.10. The molecule has 0 aliphatic heterocycles. The third-order valence-electron chi connectivity index (χ3n) is 2.33. The fourth-order valence-corrected chi connectivity index (χ4v) is 1.84. The molecule has 1 amide bonds. The van der Waals surface area contributed by atoms with E-state index in [4.69, 9.17) is 5.73 Å². The van der Waals surface area contributed by atoms with E-state index in [1.165, 1.54) is 0 Å². The number of aromatic nitrogens is 4. The standard InChI is InChI=1S/C10H11BrN6O/c1-5(9-14-16-17-15-9)13-10(18)7-4-6(12)2-3-8(7)11/h2-5H,12H2,1H3,(H,13,18)(H,14,15,16,17). The third kappa shape index (κ3) is 2.65. The van der Waals surface area contributed by atoms with Crippen molar-refractivity contribution in [1.82, 2.24) is 25.9 Å². The number of nitrogens with zero attached hydrogens (tertiary/aromatic N) is 3. The van der Waals surface area contributed by atoms with Gasteiger partial charge in [0.2, 0.25) is 0 Å². The van der Waals surface area contributed by atoms with Crippen molar-refractivity contribution in [3.05, 3.63) is 34.1 Å². The fraction of sp³-hybridized carbons (Fsp3) is 0.200. The number of nitrogens with two attached hydrogens (primary N) is 1. The largest absolute Gasteiger partial charge is 0.399 e. The maximum Gasteiger partial charge on any atom is 0.253 e. The summed E-state index contributed by atoms with van der Waals surface area (Å²) in [5.41, 5.74) is 6.64. The van der Waals surface area contributed by atoms with Gasteiger partial charge in [-0.2, -0.15) is 5.21 Å². The Morgan fingerprint density at radius 1 is 1.56 bits per heavy atom. The highest BCUT2D eigenvalue weighted by Gasteiger charge is 2.16. The number of carbonyl (C=O) groups excluding carboxylic acids is 1. The molecule has 1 aromatic heterocycles. The molecule has 0 fully saturated rings. The van der Waals surface area contributed by atoms with Gasteiger partial charge in [0, 0.05) is 10.2 Å². The summed E-state index contributed by atoms with van der Waals surface area (Å²) < 4.78 is 0.675. The van der Waals surface area contributed by atoms with Gasteiger partial charge in [0.15, 0.2) is 5.82 Å². The van der Waals surface area contributed by atoms with Crippen molar-refractivity contribution in [3.8, 4) is 0 Å². The number of H-pyrrole nitrogens is 1. The molecule has 4 N–H and O–H groups in total. The van der Waals surface area contributed by atoms with Crippen LogP contribution in [0.5, 0.6) is 0 Å². The Hall–Kier alpha value is -1.96. The molecule has 2 rings (SSSR count). The number of aromatic amines is 1. The van der Waals surface area contributed by atoms with Gasteiger partial charge in [-0.15, -0.1) is 10.2 Å². The number of nitrogen functional groups attached to an aromatic ring is 1. The van der Waals surface area contributed by atoms with Crippen LogP contribution in [0.2, 0.25) is 0 Å².